The van der Waals surface area contributed by atoms with Crippen LogP contribution in [0, 0.1) is 18.6 Å². The van der Waals surface area contributed by atoms with Crippen LogP contribution in [0.2, 0.25) is 0 Å². The molecule has 0 aliphatic carbocycles. The number of hydrogen-bond donors (Lipinski definition) is 2. The monoisotopic (exact) mass is 292 g/mol. The molecule has 3 nitrogen and oxygen atoms in total. The molecule has 1 unspecified atom stereocenters. The summed E-state index contributed by atoms with van der Waals surface area (Å²) in [5.41, 5.74) is 7.98. The van der Waals surface area contributed by atoms with E-state index in [0.29, 0.717) is 11.3 Å². The highest BCUT2D eigenvalue weighted by Crippen LogP contribution is 2.31. The summed E-state index contributed by atoms with van der Waals surface area (Å²) >= 11 is 0. The number of halogens is 2. The average molecular weight is 292 g/mol. The predicted octanol–water partition coefficient (Wildman–Crippen LogP) is 4.04. The molecule has 1 atom stereocenters. The third kappa shape index (κ3) is 3.24. The molecule has 0 aliphatic heterocycles. The smallest absolute Gasteiger partial charge is 0.167 e. The van der Waals surface area contributed by atoms with Crippen molar-refractivity contribution in [1.29, 1.82) is 0 Å². The number of nitrogens with one attached hydrogen (secondary N) is 1. The summed E-state index contributed by atoms with van der Waals surface area (Å²) in [6, 6.07) is 7.54. The van der Waals surface area contributed by atoms with Crippen molar-refractivity contribution in [3.8, 4) is 5.75 Å². The Kier molecular flexibility index (Phi) is 4.31. The van der Waals surface area contributed by atoms with Crippen LogP contribution in [0.15, 0.2) is 30.3 Å². The summed E-state index contributed by atoms with van der Waals surface area (Å²) in [7, 11) is 1.39. The fourth-order valence-corrected chi connectivity index (χ4v) is 2.05. The van der Waals surface area contributed by atoms with Gasteiger partial charge in [-0.1, -0.05) is 12.1 Å². The molecule has 0 saturated carbocycles. The zero-order chi connectivity index (χ0) is 15.6. The maximum atomic E-state index is 13.6. The first-order valence-electron chi connectivity index (χ1n) is 6.58. The second kappa shape index (κ2) is 5.99. The Bertz CT molecular complexity index is 659. The maximum absolute atomic E-state index is 13.6. The molecule has 0 bridgehead atoms. The molecule has 5 heteroatoms. The molecule has 3 N–H and O–H groups in total. The van der Waals surface area contributed by atoms with Crippen LogP contribution in [-0.2, 0) is 0 Å². The Morgan fingerprint density at radius 3 is 2.48 bits per heavy atom. The van der Waals surface area contributed by atoms with Crippen molar-refractivity contribution in [1.82, 2.24) is 0 Å². The van der Waals surface area contributed by atoms with Gasteiger partial charge in [0, 0.05) is 18.2 Å². The fraction of sp³-hybridized carbons (Fsp3) is 0.250. The van der Waals surface area contributed by atoms with E-state index in [2.05, 4.69) is 5.32 Å². The van der Waals surface area contributed by atoms with Gasteiger partial charge >= 0.3 is 0 Å². The Hall–Kier alpha value is -2.30. The van der Waals surface area contributed by atoms with Crippen molar-refractivity contribution in [3.63, 3.8) is 0 Å². The Morgan fingerprint density at radius 1 is 1.14 bits per heavy atom. The van der Waals surface area contributed by atoms with Crippen LogP contribution in [0.25, 0.3) is 0 Å². The minimum absolute atomic E-state index is 0.106. The molecule has 0 aromatic heterocycles. The number of ether oxygens (including phenoxy) is 1. The number of nitrogen functional groups attached to an aromatic ring is 1. The standard InChI is InChI=1S/C16H18F2N2O/c1-9-4-5-11(6-12(9)17)10(2)20-15-8-16(21-3)13(18)7-14(15)19/h4-8,10,20H,19H2,1-3H3. The molecule has 2 rings (SSSR count). The van der Waals surface area contributed by atoms with Gasteiger partial charge in [0.1, 0.15) is 5.82 Å². The van der Waals surface area contributed by atoms with Gasteiger partial charge in [0.25, 0.3) is 0 Å². The van der Waals surface area contributed by atoms with Crippen LogP contribution in [0.1, 0.15) is 24.1 Å². The van der Waals surface area contributed by atoms with Gasteiger partial charge in [0.15, 0.2) is 11.6 Å². The van der Waals surface area contributed by atoms with Gasteiger partial charge in [0.2, 0.25) is 0 Å². The van der Waals surface area contributed by atoms with Crippen LogP contribution < -0.4 is 15.8 Å². The maximum Gasteiger partial charge on any atom is 0.167 e. The zero-order valence-corrected chi connectivity index (χ0v) is 12.2. The molecule has 2 aromatic carbocycles. The fourth-order valence-electron chi connectivity index (χ4n) is 2.05. The molecule has 0 heterocycles. The van der Waals surface area contributed by atoms with Crippen molar-refractivity contribution >= 4 is 11.4 Å². The van der Waals surface area contributed by atoms with Crippen LogP contribution in [0.5, 0.6) is 5.75 Å². The summed E-state index contributed by atoms with van der Waals surface area (Å²) in [6.45, 7) is 3.58. The lowest BCUT2D eigenvalue weighted by molar-refractivity contribution is 0.387. The minimum atomic E-state index is -0.519. The highest BCUT2D eigenvalue weighted by molar-refractivity contribution is 5.69. The SMILES string of the molecule is COc1cc(NC(C)c2ccc(C)c(F)c2)c(N)cc1F. The van der Waals surface area contributed by atoms with Crippen molar-refractivity contribution in [2.45, 2.75) is 19.9 Å². The number of anilines is 2. The number of aryl methyl sites for hydroxylation is 1. The van der Waals surface area contributed by atoms with Crippen molar-refractivity contribution < 1.29 is 13.5 Å². The van der Waals surface area contributed by atoms with E-state index >= 15 is 0 Å². The number of benzene rings is 2. The number of rotatable bonds is 4. The van der Waals surface area contributed by atoms with Gasteiger partial charge < -0.3 is 15.8 Å². The topological polar surface area (TPSA) is 47.3 Å². The first-order chi connectivity index (χ1) is 9.92. The second-order valence-corrected chi connectivity index (χ2v) is 4.95. The van der Waals surface area contributed by atoms with Gasteiger partial charge in [-0.15, -0.1) is 0 Å². The first kappa shape index (κ1) is 15.1. The quantitative estimate of drug-likeness (QED) is 0.836. The second-order valence-electron chi connectivity index (χ2n) is 4.95. The lowest BCUT2D eigenvalue weighted by Crippen LogP contribution is -2.09. The highest BCUT2D eigenvalue weighted by Gasteiger charge is 2.12. The van der Waals surface area contributed by atoms with E-state index < -0.39 is 5.82 Å². The number of methoxy groups -OCH3 is 1. The third-order valence-electron chi connectivity index (χ3n) is 3.39. The normalized spacial score (nSPS) is 12.0. The molecule has 0 radical (unpaired) electrons. The van der Waals surface area contributed by atoms with Crippen LogP contribution in [0.4, 0.5) is 20.2 Å². The molecule has 0 aliphatic rings. The molecule has 21 heavy (non-hydrogen) atoms. The number of nitrogens with two attached hydrogens (primary N) is 1. The Morgan fingerprint density at radius 2 is 1.86 bits per heavy atom. The lowest BCUT2D eigenvalue weighted by atomic mass is 10.1. The van der Waals surface area contributed by atoms with Crippen molar-refractivity contribution in [2.24, 2.45) is 0 Å². The molecular formula is C16H18F2N2O. The van der Waals surface area contributed by atoms with E-state index in [0.717, 1.165) is 5.56 Å². The molecule has 0 spiro atoms. The van der Waals surface area contributed by atoms with Gasteiger partial charge in [-0.25, -0.2) is 8.78 Å². The van der Waals surface area contributed by atoms with Crippen molar-refractivity contribution in [2.75, 3.05) is 18.2 Å². The van der Waals surface area contributed by atoms with E-state index in [1.807, 2.05) is 13.0 Å². The molecular weight excluding hydrogens is 274 g/mol. The third-order valence-corrected chi connectivity index (χ3v) is 3.39. The lowest BCUT2D eigenvalue weighted by Gasteiger charge is -2.18. The first-order valence-corrected chi connectivity index (χ1v) is 6.58. The van der Waals surface area contributed by atoms with Crippen LogP contribution >= 0.6 is 0 Å². The zero-order valence-electron chi connectivity index (χ0n) is 12.2. The van der Waals surface area contributed by atoms with Crippen LogP contribution in [-0.4, -0.2) is 7.11 Å². The summed E-state index contributed by atoms with van der Waals surface area (Å²) in [5.74, 6) is -0.672. The highest BCUT2D eigenvalue weighted by atomic mass is 19.1. The summed E-state index contributed by atoms with van der Waals surface area (Å²) in [4.78, 5) is 0. The van der Waals surface area contributed by atoms with E-state index in [1.54, 1.807) is 13.0 Å². The molecule has 0 saturated heterocycles. The summed E-state index contributed by atoms with van der Waals surface area (Å²) in [6.07, 6.45) is 0. The van der Waals surface area contributed by atoms with E-state index in [4.69, 9.17) is 10.5 Å². The van der Waals surface area contributed by atoms with Crippen LogP contribution in [0.3, 0.4) is 0 Å². The largest absolute Gasteiger partial charge is 0.494 e. The average Bonchev–Trinajstić information content (AvgIpc) is 2.44. The van der Waals surface area contributed by atoms with Crippen molar-refractivity contribution in [3.05, 3.63) is 53.1 Å². The molecule has 0 amide bonds. The Labute approximate surface area is 122 Å². The van der Waals surface area contributed by atoms with Gasteiger partial charge in [-0.3, -0.25) is 0 Å². The minimum Gasteiger partial charge on any atom is -0.494 e. The van der Waals surface area contributed by atoms with Gasteiger partial charge in [-0.2, -0.15) is 0 Å². The Balaban J connectivity index is 2.26. The molecule has 0 fully saturated rings. The number of hydrogen-bond acceptors (Lipinski definition) is 3. The van der Waals surface area contributed by atoms with Gasteiger partial charge in [-0.05, 0) is 31.0 Å². The van der Waals surface area contributed by atoms with E-state index in [9.17, 15) is 8.78 Å². The molecule has 2 aromatic rings. The summed E-state index contributed by atoms with van der Waals surface area (Å²) < 4.78 is 32.0. The van der Waals surface area contributed by atoms with E-state index in [-0.39, 0.29) is 23.3 Å². The predicted molar refractivity (Wildman–Crippen MR) is 80.5 cm³/mol. The summed E-state index contributed by atoms with van der Waals surface area (Å²) in [5, 5.41) is 3.14. The molecule has 112 valence electrons. The van der Waals surface area contributed by atoms with E-state index in [1.165, 1.54) is 25.3 Å². The van der Waals surface area contributed by atoms with Gasteiger partial charge in [0.05, 0.1) is 18.5 Å².